The quantitative estimate of drug-likeness (QED) is 0.764. The Bertz CT molecular complexity index is 525. The molecule has 6 heteroatoms. The van der Waals surface area contributed by atoms with Crippen LogP contribution in [0.2, 0.25) is 0 Å². The first kappa shape index (κ1) is 17.7. The molecule has 0 bridgehead atoms. The van der Waals surface area contributed by atoms with Gasteiger partial charge in [-0.3, -0.25) is 9.59 Å². The zero-order chi connectivity index (χ0) is 16.5. The van der Waals surface area contributed by atoms with Crippen molar-refractivity contribution in [3.8, 4) is 0 Å². The maximum atomic E-state index is 12.0. The fraction of sp³-hybridized carbons (Fsp3) is 0.438. The average Bonchev–Trinajstić information content (AvgIpc) is 2.47. The summed E-state index contributed by atoms with van der Waals surface area (Å²) in [5.74, 6) is -1.05. The van der Waals surface area contributed by atoms with Crippen LogP contribution >= 0.6 is 0 Å². The molecule has 2 N–H and O–H groups in total. The highest BCUT2D eigenvalue weighted by Gasteiger charge is 2.11. The minimum atomic E-state index is -0.971. The number of carboxylic acid groups (broad SMARTS) is 1. The fourth-order valence-corrected chi connectivity index (χ4v) is 1.99. The third-order valence-electron chi connectivity index (χ3n) is 3.21. The van der Waals surface area contributed by atoms with Gasteiger partial charge in [0.15, 0.2) is 0 Å². The number of aromatic carboxylic acids is 1. The summed E-state index contributed by atoms with van der Waals surface area (Å²) in [7, 11) is 1.69. The van der Waals surface area contributed by atoms with Crippen molar-refractivity contribution in [1.82, 2.24) is 10.2 Å². The van der Waals surface area contributed by atoms with Crippen LogP contribution in [0.25, 0.3) is 0 Å². The van der Waals surface area contributed by atoms with Gasteiger partial charge in [-0.1, -0.05) is 12.1 Å². The Morgan fingerprint density at radius 3 is 2.32 bits per heavy atom. The molecule has 0 aliphatic carbocycles. The Hall–Kier alpha value is -2.37. The van der Waals surface area contributed by atoms with E-state index in [2.05, 4.69) is 5.32 Å². The van der Waals surface area contributed by atoms with Crippen molar-refractivity contribution in [3.63, 3.8) is 0 Å². The van der Waals surface area contributed by atoms with Crippen LogP contribution in [0, 0.1) is 0 Å². The van der Waals surface area contributed by atoms with Gasteiger partial charge in [-0.2, -0.15) is 0 Å². The van der Waals surface area contributed by atoms with Gasteiger partial charge in [0.1, 0.15) is 0 Å². The normalized spacial score (nSPS) is 10.1. The van der Waals surface area contributed by atoms with E-state index in [-0.39, 0.29) is 17.4 Å². The van der Waals surface area contributed by atoms with Crippen LogP contribution in [0.15, 0.2) is 24.3 Å². The van der Waals surface area contributed by atoms with Crippen LogP contribution in [0.1, 0.15) is 42.1 Å². The van der Waals surface area contributed by atoms with Crippen molar-refractivity contribution in [2.24, 2.45) is 0 Å². The van der Waals surface area contributed by atoms with Gasteiger partial charge in [0.25, 0.3) is 0 Å². The molecule has 0 saturated carbocycles. The molecule has 0 saturated heterocycles. The molecule has 6 nitrogen and oxygen atoms in total. The molecule has 0 fully saturated rings. The van der Waals surface area contributed by atoms with E-state index in [9.17, 15) is 14.4 Å². The first-order chi connectivity index (χ1) is 10.4. The fourth-order valence-electron chi connectivity index (χ4n) is 1.99. The third-order valence-corrected chi connectivity index (χ3v) is 3.21. The van der Waals surface area contributed by atoms with Crippen molar-refractivity contribution in [2.75, 3.05) is 13.6 Å². The molecule has 0 aromatic heterocycles. The largest absolute Gasteiger partial charge is 0.478 e. The number of nitrogens with zero attached hydrogens (tertiary/aromatic N) is 1. The molecular weight excluding hydrogens is 284 g/mol. The lowest BCUT2D eigenvalue weighted by atomic mass is 10.1. The number of carbonyl (C=O) groups excluding carboxylic acids is 2. The van der Waals surface area contributed by atoms with Gasteiger partial charge in [0.05, 0.1) is 5.56 Å². The summed E-state index contributed by atoms with van der Waals surface area (Å²) < 4.78 is 0. The summed E-state index contributed by atoms with van der Waals surface area (Å²) in [5, 5.41) is 11.5. The minimum Gasteiger partial charge on any atom is -0.478 e. The number of carboxylic acids is 1. The second-order valence-corrected chi connectivity index (χ2v) is 5.06. The lowest BCUT2D eigenvalue weighted by Gasteiger charge is -2.17. The first-order valence-corrected chi connectivity index (χ1v) is 7.27. The van der Waals surface area contributed by atoms with E-state index in [0.717, 1.165) is 5.56 Å². The third kappa shape index (κ3) is 5.95. The molecule has 2 amide bonds. The maximum absolute atomic E-state index is 12.0. The van der Waals surface area contributed by atoms with Gasteiger partial charge in [0.2, 0.25) is 11.8 Å². The van der Waals surface area contributed by atoms with Gasteiger partial charge in [0, 0.05) is 33.0 Å². The van der Waals surface area contributed by atoms with E-state index >= 15 is 0 Å². The molecule has 1 rings (SSSR count). The van der Waals surface area contributed by atoms with Crippen LogP contribution < -0.4 is 5.32 Å². The Kier molecular flexibility index (Phi) is 7.08. The second-order valence-electron chi connectivity index (χ2n) is 5.06. The van der Waals surface area contributed by atoms with E-state index in [1.807, 2.05) is 6.92 Å². The standard InChI is InChI=1S/C16H22N2O4/c1-3-17-14(19)5-4-6-15(20)18(2)11-12-7-9-13(10-8-12)16(21)22/h7-10H,3-6,11H2,1-2H3,(H,17,19)(H,21,22). The van der Waals surface area contributed by atoms with E-state index in [4.69, 9.17) is 5.11 Å². The van der Waals surface area contributed by atoms with Crippen molar-refractivity contribution < 1.29 is 19.5 Å². The number of benzene rings is 1. The Labute approximate surface area is 130 Å². The predicted molar refractivity (Wildman–Crippen MR) is 82.4 cm³/mol. The molecule has 0 aliphatic rings. The highest BCUT2D eigenvalue weighted by atomic mass is 16.4. The summed E-state index contributed by atoms with van der Waals surface area (Å²) in [6, 6.07) is 6.43. The van der Waals surface area contributed by atoms with Crippen LogP contribution in [0.3, 0.4) is 0 Å². The molecule has 0 radical (unpaired) electrons. The summed E-state index contributed by atoms with van der Waals surface area (Å²) in [6.45, 7) is 2.87. The number of carbonyl (C=O) groups is 3. The van der Waals surface area contributed by atoms with Crippen LogP contribution in [-0.4, -0.2) is 41.4 Å². The SMILES string of the molecule is CCNC(=O)CCCC(=O)N(C)Cc1ccc(C(=O)O)cc1. The van der Waals surface area contributed by atoms with Crippen LogP contribution in [0.4, 0.5) is 0 Å². The zero-order valence-corrected chi connectivity index (χ0v) is 13.0. The Morgan fingerprint density at radius 1 is 1.14 bits per heavy atom. The second kappa shape index (κ2) is 8.81. The predicted octanol–water partition coefficient (Wildman–Crippen LogP) is 1.65. The molecule has 1 aromatic rings. The van der Waals surface area contributed by atoms with Gasteiger partial charge < -0.3 is 15.3 Å². The number of hydrogen-bond donors (Lipinski definition) is 2. The molecule has 0 unspecified atom stereocenters. The highest BCUT2D eigenvalue weighted by molar-refractivity contribution is 5.87. The highest BCUT2D eigenvalue weighted by Crippen LogP contribution is 2.08. The lowest BCUT2D eigenvalue weighted by Crippen LogP contribution is -2.27. The molecule has 0 spiro atoms. The van der Waals surface area contributed by atoms with E-state index in [0.29, 0.717) is 32.4 Å². The molecular formula is C16H22N2O4. The summed E-state index contributed by atoms with van der Waals surface area (Å²) >= 11 is 0. The van der Waals surface area contributed by atoms with Gasteiger partial charge in [-0.05, 0) is 31.0 Å². The molecule has 22 heavy (non-hydrogen) atoms. The first-order valence-electron chi connectivity index (χ1n) is 7.27. The Balaban J connectivity index is 2.40. The monoisotopic (exact) mass is 306 g/mol. The van der Waals surface area contributed by atoms with Gasteiger partial charge in [-0.15, -0.1) is 0 Å². The van der Waals surface area contributed by atoms with E-state index in [1.54, 1.807) is 24.1 Å². The maximum Gasteiger partial charge on any atom is 0.335 e. The minimum absolute atomic E-state index is 0.0355. The van der Waals surface area contributed by atoms with E-state index in [1.165, 1.54) is 12.1 Å². The van der Waals surface area contributed by atoms with Crippen LogP contribution in [0.5, 0.6) is 0 Å². The van der Waals surface area contributed by atoms with E-state index < -0.39 is 5.97 Å². The van der Waals surface area contributed by atoms with Crippen molar-refractivity contribution in [2.45, 2.75) is 32.7 Å². The van der Waals surface area contributed by atoms with Crippen molar-refractivity contribution >= 4 is 17.8 Å². The molecule has 0 aliphatic heterocycles. The zero-order valence-electron chi connectivity index (χ0n) is 13.0. The Morgan fingerprint density at radius 2 is 1.77 bits per heavy atom. The topological polar surface area (TPSA) is 86.7 Å². The molecule has 0 atom stereocenters. The number of nitrogens with one attached hydrogen (secondary N) is 1. The molecule has 0 heterocycles. The summed E-state index contributed by atoms with van der Waals surface area (Å²) in [6.07, 6.45) is 1.19. The molecule has 120 valence electrons. The number of rotatable bonds is 8. The van der Waals surface area contributed by atoms with Gasteiger partial charge in [-0.25, -0.2) is 4.79 Å². The average molecular weight is 306 g/mol. The summed E-state index contributed by atoms with van der Waals surface area (Å²) in [4.78, 5) is 35.6. The lowest BCUT2D eigenvalue weighted by molar-refractivity contribution is -0.130. The number of hydrogen-bond acceptors (Lipinski definition) is 3. The number of amides is 2. The van der Waals surface area contributed by atoms with Crippen molar-refractivity contribution in [1.29, 1.82) is 0 Å². The van der Waals surface area contributed by atoms with Crippen LogP contribution in [-0.2, 0) is 16.1 Å². The van der Waals surface area contributed by atoms with Gasteiger partial charge >= 0.3 is 5.97 Å². The van der Waals surface area contributed by atoms with Crippen molar-refractivity contribution in [3.05, 3.63) is 35.4 Å². The summed E-state index contributed by atoms with van der Waals surface area (Å²) in [5.41, 5.74) is 1.09. The smallest absolute Gasteiger partial charge is 0.335 e. The molecule has 1 aromatic carbocycles.